The molecule has 2 amide bonds. The van der Waals surface area contributed by atoms with Gasteiger partial charge in [-0.25, -0.2) is 4.79 Å². The zero-order valence-corrected chi connectivity index (χ0v) is 15.9. The van der Waals surface area contributed by atoms with E-state index in [1.807, 2.05) is 23.1 Å². The molecule has 142 valence electrons. The van der Waals surface area contributed by atoms with Crippen molar-refractivity contribution in [3.05, 3.63) is 65.2 Å². The van der Waals surface area contributed by atoms with Crippen molar-refractivity contribution < 1.29 is 9.53 Å². The monoisotopic (exact) mass is 365 g/mol. The topological polar surface area (TPSA) is 44.8 Å². The number of fused-ring (bicyclic) bond motifs is 1. The van der Waals surface area contributed by atoms with E-state index in [2.05, 4.69) is 47.5 Å². The first-order valence-corrected chi connectivity index (χ1v) is 9.73. The average molecular weight is 365 g/mol. The number of hydrogen-bond acceptors (Lipinski definition) is 3. The number of anilines is 1. The third kappa shape index (κ3) is 4.15. The normalized spacial score (nSPS) is 19.7. The number of ether oxygens (including phenoxy) is 1. The number of carbonyl (C=O) groups excluding carboxylic acids is 1. The van der Waals surface area contributed by atoms with E-state index in [0.29, 0.717) is 6.54 Å². The van der Waals surface area contributed by atoms with Crippen LogP contribution in [0, 0.1) is 0 Å². The Balaban J connectivity index is 1.37. The van der Waals surface area contributed by atoms with E-state index in [4.69, 9.17) is 4.74 Å². The number of morpholine rings is 1. The lowest BCUT2D eigenvalue weighted by Gasteiger charge is -2.26. The molecular formula is C22H27N3O2. The second kappa shape index (κ2) is 8.11. The van der Waals surface area contributed by atoms with Crippen LogP contribution in [0.3, 0.4) is 0 Å². The van der Waals surface area contributed by atoms with Crippen LogP contribution in [0.1, 0.15) is 23.6 Å². The SMILES string of the molecule is CC1Cc2ccccc2N1C(=O)NCc1cccc(CN2CCOCC2)c1. The van der Waals surface area contributed by atoms with Crippen molar-refractivity contribution in [2.24, 2.45) is 0 Å². The smallest absolute Gasteiger partial charge is 0.322 e. The van der Waals surface area contributed by atoms with Crippen molar-refractivity contribution in [2.45, 2.75) is 32.5 Å². The van der Waals surface area contributed by atoms with E-state index >= 15 is 0 Å². The lowest BCUT2D eigenvalue weighted by atomic mass is 10.1. The van der Waals surface area contributed by atoms with Gasteiger partial charge in [0.15, 0.2) is 0 Å². The molecule has 2 aromatic rings. The molecule has 0 bridgehead atoms. The van der Waals surface area contributed by atoms with Crippen LogP contribution in [0.2, 0.25) is 0 Å². The van der Waals surface area contributed by atoms with Gasteiger partial charge in [0.25, 0.3) is 0 Å². The van der Waals surface area contributed by atoms with Gasteiger partial charge in [0.1, 0.15) is 0 Å². The second-order valence-corrected chi connectivity index (χ2v) is 7.42. The standard InChI is InChI=1S/C22H27N3O2/c1-17-13-20-7-2-3-8-21(20)25(17)22(26)23-15-18-5-4-6-19(14-18)16-24-9-11-27-12-10-24/h2-8,14,17H,9-13,15-16H2,1H3,(H,23,26). The highest BCUT2D eigenvalue weighted by atomic mass is 16.5. The number of carbonyl (C=O) groups is 1. The van der Waals surface area contributed by atoms with Gasteiger partial charge in [0, 0.05) is 37.9 Å². The van der Waals surface area contributed by atoms with Gasteiger partial charge in [-0.1, -0.05) is 42.5 Å². The van der Waals surface area contributed by atoms with Gasteiger partial charge in [-0.2, -0.15) is 0 Å². The van der Waals surface area contributed by atoms with E-state index in [9.17, 15) is 4.79 Å². The Morgan fingerprint density at radius 1 is 1.11 bits per heavy atom. The Bertz CT molecular complexity index is 802. The first kappa shape index (κ1) is 18.0. The first-order chi connectivity index (χ1) is 13.2. The molecule has 0 spiro atoms. The fourth-order valence-corrected chi connectivity index (χ4v) is 3.99. The molecule has 27 heavy (non-hydrogen) atoms. The lowest BCUT2D eigenvalue weighted by molar-refractivity contribution is 0.0342. The molecule has 1 fully saturated rings. The van der Waals surface area contributed by atoms with Crippen molar-refractivity contribution in [1.29, 1.82) is 0 Å². The summed E-state index contributed by atoms with van der Waals surface area (Å²) in [4.78, 5) is 17.1. The zero-order chi connectivity index (χ0) is 18.6. The van der Waals surface area contributed by atoms with Gasteiger partial charge in [-0.3, -0.25) is 9.80 Å². The van der Waals surface area contributed by atoms with Crippen molar-refractivity contribution >= 4 is 11.7 Å². The maximum absolute atomic E-state index is 12.8. The largest absolute Gasteiger partial charge is 0.379 e. The van der Waals surface area contributed by atoms with Crippen LogP contribution in [0.5, 0.6) is 0 Å². The molecule has 2 heterocycles. The minimum atomic E-state index is -0.0222. The van der Waals surface area contributed by atoms with Crippen LogP contribution in [-0.2, 0) is 24.2 Å². The Labute approximate surface area is 160 Å². The van der Waals surface area contributed by atoms with Gasteiger partial charge in [-0.15, -0.1) is 0 Å². The molecule has 4 rings (SSSR count). The third-order valence-corrected chi connectivity index (χ3v) is 5.37. The summed E-state index contributed by atoms with van der Waals surface area (Å²) in [5.74, 6) is 0. The van der Waals surface area contributed by atoms with E-state index in [0.717, 1.165) is 50.5 Å². The summed E-state index contributed by atoms with van der Waals surface area (Å²) in [5, 5.41) is 3.10. The Hall–Kier alpha value is -2.37. The number of para-hydroxylation sites is 1. The Morgan fingerprint density at radius 2 is 1.89 bits per heavy atom. The van der Waals surface area contributed by atoms with Crippen LogP contribution >= 0.6 is 0 Å². The van der Waals surface area contributed by atoms with E-state index in [-0.39, 0.29) is 12.1 Å². The molecule has 1 saturated heterocycles. The van der Waals surface area contributed by atoms with Crippen molar-refractivity contribution in [2.75, 3.05) is 31.2 Å². The lowest BCUT2D eigenvalue weighted by Crippen LogP contribution is -2.43. The van der Waals surface area contributed by atoms with Gasteiger partial charge in [-0.05, 0) is 36.1 Å². The highest BCUT2D eigenvalue weighted by molar-refractivity contribution is 5.94. The minimum Gasteiger partial charge on any atom is -0.379 e. The van der Waals surface area contributed by atoms with Crippen molar-refractivity contribution in [3.8, 4) is 0 Å². The third-order valence-electron chi connectivity index (χ3n) is 5.37. The summed E-state index contributed by atoms with van der Waals surface area (Å²) in [5.41, 5.74) is 4.69. The van der Waals surface area contributed by atoms with Crippen molar-refractivity contribution in [3.63, 3.8) is 0 Å². The number of urea groups is 1. The summed E-state index contributed by atoms with van der Waals surface area (Å²) in [6, 6.07) is 16.8. The summed E-state index contributed by atoms with van der Waals surface area (Å²) in [6.07, 6.45) is 0.915. The van der Waals surface area contributed by atoms with E-state index in [1.54, 1.807) is 0 Å². The van der Waals surface area contributed by atoms with Crippen LogP contribution in [0.15, 0.2) is 48.5 Å². The predicted molar refractivity (Wildman–Crippen MR) is 107 cm³/mol. The summed E-state index contributed by atoms with van der Waals surface area (Å²) in [7, 11) is 0. The Morgan fingerprint density at radius 3 is 2.74 bits per heavy atom. The summed E-state index contributed by atoms with van der Waals surface area (Å²) >= 11 is 0. The number of rotatable bonds is 4. The molecule has 2 aliphatic heterocycles. The number of nitrogens with zero attached hydrogens (tertiary/aromatic N) is 2. The van der Waals surface area contributed by atoms with Gasteiger partial charge >= 0.3 is 6.03 Å². The number of amides is 2. The van der Waals surface area contributed by atoms with Crippen molar-refractivity contribution in [1.82, 2.24) is 10.2 Å². The molecule has 1 atom stereocenters. The average Bonchev–Trinajstić information content (AvgIpc) is 3.03. The maximum Gasteiger partial charge on any atom is 0.322 e. The minimum absolute atomic E-state index is 0.0222. The molecule has 0 aromatic heterocycles. The number of nitrogens with one attached hydrogen (secondary N) is 1. The molecule has 5 nitrogen and oxygen atoms in total. The summed E-state index contributed by atoms with van der Waals surface area (Å²) in [6.45, 7) is 7.16. The van der Waals surface area contributed by atoms with Gasteiger partial charge < -0.3 is 10.1 Å². The fraction of sp³-hybridized carbons (Fsp3) is 0.409. The number of benzene rings is 2. The molecule has 5 heteroatoms. The predicted octanol–water partition coefficient (Wildman–Crippen LogP) is 3.18. The van der Waals surface area contributed by atoms with Crippen LogP contribution in [-0.4, -0.2) is 43.3 Å². The van der Waals surface area contributed by atoms with Crippen LogP contribution in [0.25, 0.3) is 0 Å². The van der Waals surface area contributed by atoms with Crippen LogP contribution < -0.4 is 10.2 Å². The van der Waals surface area contributed by atoms with Gasteiger partial charge in [0.05, 0.1) is 13.2 Å². The molecule has 0 radical (unpaired) electrons. The molecular weight excluding hydrogens is 338 g/mol. The molecule has 1 unspecified atom stereocenters. The Kier molecular flexibility index (Phi) is 5.41. The quantitative estimate of drug-likeness (QED) is 0.905. The van der Waals surface area contributed by atoms with E-state index in [1.165, 1.54) is 11.1 Å². The summed E-state index contributed by atoms with van der Waals surface area (Å²) < 4.78 is 5.41. The maximum atomic E-state index is 12.8. The number of hydrogen-bond donors (Lipinski definition) is 1. The van der Waals surface area contributed by atoms with Crippen LogP contribution in [0.4, 0.5) is 10.5 Å². The molecule has 1 N–H and O–H groups in total. The zero-order valence-electron chi connectivity index (χ0n) is 15.9. The fourth-order valence-electron chi connectivity index (χ4n) is 3.99. The first-order valence-electron chi connectivity index (χ1n) is 9.73. The highest BCUT2D eigenvalue weighted by Crippen LogP contribution is 2.31. The molecule has 2 aromatic carbocycles. The molecule has 0 saturated carbocycles. The highest BCUT2D eigenvalue weighted by Gasteiger charge is 2.30. The second-order valence-electron chi connectivity index (χ2n) is 7.42. The molecule has 0 aliphatic carbocycles. The molecule has 2 aliphatic rings. The van der Waals surface area contributed by atoms with E-state index < -0.39 is 0 Å². The van der Waals surface area contributed by atoms with Gasteiger partial charge in [0.2, 0.25) is 0 Å².